The van der Waals surface area contributed by atoms with E-state index < -0.39 is 25.1 Å². The van der Waals surface area contributed by atoms with Crippen molar-refractivity contribution >= 4 is 0 Å². The maximum absolute atomic E-state index is 12.1. The maximum atomic E-state index is 12.1. The highest BCUT2D eigenvalue weighted by Crippen LogP contribution is 2.35. The summed E-state index contributed by atoms with van der Waals surface area (Å²) in [5.41, 5.74) is -0.352. The van der Waals surface area contributed by atoms with E-state index >= 15 is 0 Å². The zero-order chi connectivity index (χ0) is 14.6. The predicted molar refractivity (Wildman–Crippen MR) is 54.2 cm³/mol. The summed E-state index contributed by atoms with van der Waals surface area (Å²) in [4.78, 5) is 0. The Morgan fingerprint density at radius 1 is 1.00 bits per heavy atom. The van der Waals surface area contributed by atoms with E-state index in [-0.39, 0.29) is 12.1 Å². The van der Waals surface area contributed by atoms with Crippen LogP contribution in [-0.2, 0) is 4.74 Å². The summed E-state index contributed by atoms with van der Waals surface area (Å²) in [5.74, 6) is 0. The molecular formula is C10H17F6NO. The minimum Gasteiger partial charge on any atom is -0.360 e. The number of alkyl halides is 6. The Morgan fingerprint density at radius 2 is 1.44 bits per heavy atom. The molecule has 0 unspecified atom stereocenters. The molecular weight excluding hydrogens is 264 g/mol. The highest BCUT2D eigenvalue weighted by molar-refractivity contribution is 4.77. The van der Waals surface area contributed by atoms with Crippen LogP contribution in [0.2, 0.25) is 0 Å². The van der Waals surface area contributed by atoms with Gasteiger partial charge in [-0.05, 0) is 20.3 Å². The van der Waals surface area contributed by atoms with Crippen molar-refractivity contribution in [2.24, 2.45) is 0 Å². The molecule has 0 fully saturated rings. The Labute approximate surface area is 102 Å². The van der Waals surface area contributed by atoms with E-state index in [4.69, 9.17) is 0 Å². The molecule has 0 saturated heterocycles. The second-order valence-electron chi connectivity index (χ2n) is 4.50. The smallest absolute Gasteiger partial charge is 0.360 e. The standard InChI is InChI=1S/C10H17F6NO/c1-4-8(2,3)17-5-6-18-7(9(11,12)13)10(14,15)16/h7,17H,4-6H2,1-3H3. The molecule has 0 aliphatic rings. The van der Waals surface area contributed by atoms with Gasteiger partial charge >= 0.3 is 12.4 Å². The third-order valence-electron chi connectivity index (χ3n) is 2.47. The number of nitrogens with one attached hydrogen (secondary N) is 1. The number of hydrogen-bond donors (Lipinski definition) is 1. The van der Waals surface area contributed by atoms with Gasteiger partial charge in [0.05, 0.1) is 6.61 Å². The van der Waals surface area contributed by atoms with E-state index in [2.05, 4.69) is 10.1 Å². The monoisotopic (exact) mass is 281 g/mol. The van der Waals surface area contributed by atoms with Crippen molar-refractivity contribution in [2.75, 3.05) is 13.2 Å². The molecule has 0 heterocycles. The Kier molecular flexibility index (Phi) is 5.93. The first kappa shape index (κ1) is 17.5. The van der Waals surface area contributed by atoms with Gasteiger partial charge in [-0.15, -0.1) is 0 Å². The normalized spacial score (nSPS) is 14.3. The van der Waals surface area contributed by atoms with Gasteiger partial charge in [0.1, 0.15) is 0 Å². The Bertz CT molecular complexity index is 234. The van der Waals surface area contributed by atoms with Crippen LogP contribution in [-0.4, -0.2) is 37.1 Å². The second-order valence-corrected chi connectivity index (χ2v) is 4.50. The number of rotatable bonds is 6. The molecule has 0 rings (SSSR count). The fraction of sp³-hybridized carbons (Fsp3) is 1.00. The van der Waals surface area contributed by atoms with Crippen molar-refractivity contribution in [3.8, 4) is 0 Å². The minimum absolute atomic E-state index is 0.0799. The average molecular weight is 281 g/mol. The summed E-state index contributed by atoms with van der Waals surface area (Å²) in [6, 6.07) is 0. The van der Waals surface area contributed by atoms with Crippen LogP contribution < -0.4 is 5.32 Å². The molecule has 0 amide bonds. The third-order valence-corrected chi connectivity index (χ3v) is 2.47. The summed E-state index contributed by atoms with van der Waals surface area (Å²) < 4.78 is 76.4. The van der Waals surface area contributed by atoms with Gasteiger partial charge in [-0.3, -0.25) is 0 Å². The average Bonchev–Trinajstić information content (AvgIpc) is 2.13. The molecule has 0 aromatic carbocycles. The lowest BCUT2D eigenvalue weighted by Crippen LogP contribution is -2.46. The van der Waals surface area contributed by atoms with Crippen LogP contribution in [0.5, 0.6) is 0 Å². The number of ether oxygens (including phenoxy) is 1. The van der Waals surface area contributed by atoms with Crippen LogP contribution >= 0.6 is 0 Å². The molecule has 0 radical (unpaired) electrons. The molecule has 0 aliphatic carbocycles. The Morgan fingerprint density at radius 3 is 1.78 bits per heavy atom. The van der Waals surface area contributed by atoms with Gasteiger partial charge in [0.2, 0.25) is 6.10 Å². The lowest BCUT2D eigenvalue weighted by molar-refractivity contribution is -0.321. The first-order valence-corrected chi connectivity index (χ1v) is 5.40. The van der Waals surface area contributed by atoms with Crippen molar-refractivity contribution in [1.29, 1.82) is 0 Å². The fourth-order valence-electron chi connectivity index (χ4n) is 1.07. The van der Waals surface area contributed by atoms with Crippen LogP contribution in [0.25, 0.3) is 0 Å². The van der Waals surface area contributed by atoms with Gasteiger partial charge in [0, 0.05) is 12.1 Å². The van der Waals surface area contributed by atoms with Crippen LogP contribution in [0.1, 0.15) is 27.2 Å². The zero-order valence-corrected chi connectivity index (χ0v) is 10.4. The van der Waals surface area contributed by atoms with Crippen molar-refractivity contribution in [2.45, 2.75) is 51.2 Å². The van der Waals surface area contributed by atoms with Gasteiger partial charge in [0.15, 0.2) is 0 Å². The first-order chi connectivity index (χ1) is 7.90. The molecule has 0 saturated carbocycles. The van der Waals surface area contributed by atoms with E-state index in [9.17, 15) is 26.3 Å². The molecule has 110 valence electrons. The van der Waals surface area contributed by atoms with E-state index in [1.807, 2.05) is 6.92 Å². The summed E-state index contributed by atoms with van der Waals surface area (Å²) in [6.45, 7) is 4.69. The quantitative estimate of drug-likeness (QED) is 0.596. The molecule has 0 bridgehead atoms. The third kappa shape index (κ3) is 6.44. The topological polar surface area (TPSA) is 21.3 Å². The van der Waals surface area contributed by atoms with Crippen LogP contribution in [0.3, 0.4) is 0 Å². The summed E-state index contributed by atoms with van der Waals surface area (Å²) in [5, 5.41) is 2.81. The summed E-state index contributed by atoms with van der Waals surface area (Å²) in [7, 11) is 0. The molecule has 18 heavy (non-hydrogen) atoms. The highest BCUT2D eigenvalue weighted by atomic mass is 19.4. The van der Waals surface area contributed by atoms with Gasteiger partial charge in [-0.25, -0.2) is 0 Å². The molecule has 2 nitrogen and oxygen atoms in total. The summed E-state index contributed by atoms with van der Waals surface area (Å²) >= 11 is 0. The highest BCUT2D eigenvalue weighted by Gasteiger charge is 2.57. The Hall–Kier alpha value is -0.500. The van der Waals surface area contributed by atoms with Crippen LogP contribution in [0.15, 0.2) is 0 Å². The molecule has 0 atom stereocenters. The number of hydrogen-bond acceptors (Lipinski definition) is 2. The van der Waals surface area contributed by atoms with Gasteiger partial charge in [-0.1, -0.05) is 6.92 Å². The first-order valence-electron chi connectivity index (χ1n) is 5.40. The molecule has 0 aromatic rings. The van der Waals surface area contributed by atoms with Crippen LogP contribution in [0, 0.1) is 0 Å². The molecule has 8 heteroatoms. The zero-order valence-electron chi connectivity index (χ0n) is 10.4. The van der Waals surface area contributed by atoms with Gasteiger partial charge < -0.3 is 10.1 Å². The van der Waals surface area contributed by atoms with Crippen molar-refractivity contribution in [3.05, 3.63) is 0 Å². The lowest BCUT2D eigenvalue weighted by atomic mass is 10.0. The molecule has 1 N–H and O–H groups in total. The molecule has 0 spiro atoms. The van der Waals surface area contributed by atoms with Crippen LogP contribution in [0.4, 0.5) is 26.3 Å². The Balaban J connectivity index is 4.24. The van der Waals surface area contributed by atoms with E-state index in [1.165, 1.54) is 0 Å². The fourth-order valence-corrected chi connectivity index (χ4v) is 1.07. The maximum Gasteiger partial charge on any atom is 0.423 e. The van der Waals surface area contributed by atoms with Crippen molar-refractivity contribution in [1.82, 2.24) is 5.32 Å². The van der Waals surface area contributed by atoms with Gasteiger partial charge in [-0.2, -0.15) is 26.3 Å². The summed E-state index contributed by atoms with van der Waals surface area (Å²) in [6.07, 6.45) is -13.9. The second kappa shape index (κ2) is 6.10. The predicted octanol–water partition coefficient (Wildman–Crippen LogP) is 3.27. The largest absolute Gasteiger partial charge is 0.423 e. The van der Waals surface area contributed by atoms with E-state index in [0.717, 1.165) is 0 Å². The van der Waals surface area contributed by atoms with E-state index in [1.54, 1.807) is 13.8 Å². The molecule has 0 aliphatic heterocycles. The van der Waals surface area contributed by atoms with Crippen molar-refractivity contribution < 1.29 is 31.1 Å². The van der Waals surface area contributed by atoms with Crippen molar-refractivity contribution in [3.63, 3.8) is 0 Å². The van der Waals surface area contributed by atoms with Gasteiger partial charge in [0.25, 0.3) is 0 Å². The minimum atomic E-state index is -5.45. The molecule has 0 aromatic heterocycles. The van der Waals surface area contributed by atoms with E-state index in [0.29, 0.717) is 6.42 Å². The lowest BCUT2D eigenvalue weighted by Gasteiger charge is -2.26. The SMILES string of the molecule is CCC(C)(C)NCCOC(C(F)(F)F)C(F)(F)F. The number of halogens is 6.